The van der Waals surface area contributed by atoms with Gasteiger partial charge in [-0.15, -0.1) is 0 Å². The molecule has 0 atom stereocenters. The Kier molecular flexibility index (Phi) is 9.17. The molecule has 0 bridgehead atoms. The van der Waals surface area contributed by atoms with Crippen molar-refractivity contribution >= 4 is 44.1 Å². The summed E-state index contributed by atoms with van der Waals surface area (Å²) in [7, 11) is 0. The maximum Gasteiger partial charge on any atom is 0.0256 e. The van der Waals surface area contributed by atoms with Crippen molar-refractivity contribution in [3.05, 3.63) is 163 Å². The molecule has 0 aromatic heterocycles. The third-order valence-corrected chi connectivity index (χ3v) is 8.09. The van der Waals surface area contributed by atoms with Gasteiger partial charge in [0.05, 0.1) is 0 Å². The van der Waals surface area contributed by atoms with Crippen LogP contribution >= 0.6 is 0 Å². The smallest absolute Gasteiger partial charge is 0.0256 e. The molecule has 1 heteroatoms. The predicted octanol–water partition coefficient (Wildman–Crippen LogP) is 12.5. The molecule has 0 amide bonds. The second-order valence-electron chi connectivity index (χ2n) is 10.7. The molecule has 0 radical (unpaired) electrons. The van der Waals surface area contributed by atoms with Crippen LogP contribution in [0.1, 0.15) is 31.9 Å². The van der Waals surface area contributed by atoms with E-state index in [9.17, 15) is 0 Å². The second-order valence-corrected chi connectivity index (χ2v) is 10.7. The highest BCUT2D eigenvalue weighted by Gasteiger charge is 2.17. The van der Waals surface area contributed by atoms with Crippen molar-refractivity contribution in [2.45, 2.75) is 27.7 Å². The van der Waals surface area contributed by atoms with Crippen LogP contribution in [-0.4, -0.2) is 6.21 Å². The molecular formula is C43H39N. The zero-order valence-corrected chi connectivity index (χ0v) is 26.1. The molecule has 1 nitrogen and oxygen atoms in total. The number of fused-ring (bicyclic) bond motifs is 3. The first kappa shape index (κ1) is 30.2. The number of nitrogens with one attached hydrogen (secondary N) is 1. The number of hydrogen-bond acceptors (Lipinski definition) is 1. The van der Waals surface area contributed by atoms with Crippen LogP contribution in [0.3, 0.4) is 0 Å². The van der Waals surface area contributed by atoms with Crippen LogP contribution in [0.25, 0.3) is 60.1 Å². The summed E-state index contributed by atoms with van der Waals surface area (Å²) in [6.07, 6.45) is 7.06. The molecule has 216 valence electrons. The summed E-state index contributed by atoms with van der Waals surface area (Å²) in [5.74, 6) is 0. The molecule has 1 N–H and O–H groups in total. The van der Waals surface area contributed by atoms with Crippen LogP contribution in [0.4, 0.5) is 0 Å². The van der Waals surface area contributed by atoms with Gasteiger partial charge in [0.2, 0.25) is 0 Å². The van der Waals surface area contributed by atoms with Gasteiger partial charge in [0.25, 0.3) is 0 Å². The quantitative estimate of drug-likeness (QED) is 0.112. The predicted molar refractivity (Wildman–Crippen MR) is 196 cm³/mol. The molecule has 0 aliphatic heterocycles. The van der Waals surface area contributed by atoms with Gasteiger partial charge in [-0.3, -0.25) is 0 Å². The summed E-state index contributed by atoms with van der Waals surface area (Å²) in [5, 5.41) is 15.3. The summed E-state index contributed by atoms with van der Waals surface area (Å²) in [6, 6.07) is 39.5. The third-order valence-electron chi connectivity index (χ3n) is 8.09. The molecule has 6 rings (SSSR count). The van der Waals surface area contributed by atoms with Crippen LogP contribution in [0.2, 0.25) is 0 Å². The minimum atomic E-state index is 0.786. The lowest BCUT2D eigenvalue weighted by atomic mass is 9.85. The molecule has 0 unspecified atom stereocenters. The maximum atomic E-state index is 7.93. The van der Waals surface area contributed by atoms with Crippen molar-refractivity contribution in [3.8, 4) is 22.3 Å². The monoisotopic (exact) mass is 569 g/mol. The number of hydrogen-bond donors (Lipinski definition) is 1. The number of aryl methyl sites for hydroxylation is 1. The molecule has 0 saturated heterocycles. The Labute approximate surface area is 261 Å². The van der Waals surface area contributed by atoms with Crippen molar-refractivity contribution in [1.29, 1.82) is 5.41 Å². The summed E-state index contributed by atoms with van der Waals surface area (Å²) < 4.78 is 0. The largest absolute Gasteiger partial charge is 0.308 e. The van der Waals surface area contributed by atoms with Gasteiger partial charge >= 0.3 is 0 Å². The molecular weight excluding hydrogens is 530 g/mol. The maximum absolute atomic E-state index is 7.93. The van der Waals surface area contributed by atoms with Crippen LogP contribution in [0.15, 0.2) is 152 Å². The van der Waals surface area contributed by atoms with Crippen molar-refractivity contribution in [2.75, 3.05) is 0 Å². The minimum Gasteiger partial charge on any atom is -0.308 e. The molecule has 6 aromatic carbocycles. The van der Waals surface area contributed by atoms with E-state index in [-0.39, 0.29) is 0 Å². The number of benzene rings is 6. The van der Waals surface area contributed by atoms with E-state index >= 15 is 0 Å². The van der Waals surface area contributed by atoms with E-state index in [0.29, 0.717) is 0 Å². The van der Waals surface area contributed by atoms with Gasteiger partial charge in [-0.2, -0.15) is 0 Å². The Morgan fingerprint density at radius 1 is 0.636 bits per heavy atom. The van der Waals surface area contributed by atoms with Gasteiger partial charge in [0, 0.05) is 6.21 Å². The lowest BCUT2D eigenvalue weighted by molar-refractivity contribution is 1.49. The highest BCUT2D eigenvalue weighted by atomic mass is 14.3. The summed E-state index contributed by atoms with van der Waals surface area (Å²) in [4.78, 5) is 0. The van der Waals surface area contributed by atoms with Crippen LogP contribution < -0.4 is 0 Å². The third kappa shape index (κ3) is 5.70. The fraction of sp³-hybridized carbons (Fsp3) is 0.0930. The lowest BCUT2D eigenvalue weighted by Gasteiger charge is -2.18. The minimum absolute atomic E-state index is 0.786. The van der Waals surface area contributed by atoms with E-state index in [1.54, 1.807) is 6.08 Å². The van der Waals surface area contributed by atoms with E-state index in [4.69, 9.17) is 5.41 Å². The van der Waals surface area contributed by atoms with Crippen molar-refractivity contribution in [2.24, 2.45) is 0 Å². The van der Waals surface area contributed by atoms with Gasteiger partial charge < -0.3 is 5.41 Å². The van der Waals surface area contributed by atoms with Gasteiger partial charge in [-0.1, -0.05) is 142 Å². The van der Waals surface area contributed by atoms with Gasteiger partial charge in [0.15, 0.2) is 0 Å². The first-order chi connectivity index (χ1) is 21.5. The van der Waals surface area contributed by atoms with E-state index in [1.807, 2.05) is 32.9 Å². The van der Waals surface area contributed by atoms with E-state index in [0.717, 1.165) is 27.8 Å². The van der Waals surface area contributed by atoms with Gasteiger partial charge in [-0.25, -0.2) is 0 Å². The number of rotatable bonds is 7. The fourth-order valence-electron chi connectivity index (χ4n) is 6.03. The molecule has 0 saturated carbocycles. The van der Waals surface area contributed by atoms with Crippen molar-refractivity contribution < 1.29 is 0 Å². The van der Waals surface area contributed by atoms with E-state index in [1.165, 1.54) is 60.8 Å². The molecule has 0 spiro atoms. The summed E-state index contributed by atoms with van der Waals surface area (Å²) >= 11 is 0. The normalized spacial score (nSPS) is 11.7. The summed E-state index contributed by atoms with van der Waals surface area (Å²) in [6.45, 7) is 16.4. The highest BCUT2D eigenvalue weighted by molar-refractivity contribution is 6.21. The van der Waals surface area contributed by atoms with Gasteiger partial charge in [0.1, 0.15) is 0 Å². The Hall–Kier alpha value is -5.27. The van der Waals surface area contributed by atoms with E-state index in [2.05, 4.69) is 129 Å². The zero-order valence-electron chi connectivity index (χ0n) is 26.1. The lowest BCUT2D eigenvalue weighted by Crippen LogP contribution is -1.92. The van der Waals surface area contributed by atoms with Crippen molar-refractivity contribution in [1.82, 2.24) is 0 Å². The summed E-state index contributed by atoms with van der Waals surface area (Å²) in [5.41, 5.74) is 9.68. The van der Waals surface area contributed by atoms with Crippen LogP contribution in [-0.2, 0) is 0 Å². The Bertz CT molecular complexity index is 2040. The Morgan fingerprint density at radius 3 is 1.75 bits per heavy atom. The molecule has 44 heavy (non-hydrogen) atoms. The Balaban J connectivity index is 0.00000188. The molecule has 0 aliphatic rings. The highest BCUT2D eigenvalue weighted by Crippen LogP contribution is 2.44. The zero-order chi connectivity index (χ0) is 31.2. The standard InChI is InChI=1S/C41H33N.C2H6/c1-5-29(6-2)35(26-42)23-28(4)31-12-11-13-32(24-31)40-36-14-7-9-16-38(36)41(39-17-10-8-15-37(39)40)33-21-20-30-19-18-27(3)22-34(30)25-33;1-2/h5-26,42H,1,4H2,2-3H3;1-2H3/b29-6+,35-23+,42-26?;. The average Bonchev–Trinajstić information content (AvgIpc) is 3.07. The molecule has 0 aliphatic carbocycles. The van der Waals surface area contributed by atoms with Crippen LogP contribution in [0.5, 0.6) is 0 Å². The molecule has 0 heterocycles. The van der Waals surface area contributed by atoms with Gasteiger partial charge in [-0.05, 0) is 109 Å². The fourth-order valence-corrected chi connectivity index (χ4v) is 6.03. The first-order valence-electron chi connectivity index (χ1n) is 15.3. The SMILES string of the molecule is C=CC(=C\C)/C(C=N)=C/C(=C)c1cccc(-c2c3ccccc3c(-c3ccc4ccc(C)cc4c3)c3ccccc23)c1.CC. The van der Waals surface area contributed by atoms with E-state index < -0.39 is 0 Å². The van der Waals surface area contributed by atoms with Crippen LogP contribution in [0, 0.1) is 12.3 Å². The first-order valence-corrected chi connectivity index (χ1v) is 15.3. The average molecular weight is 570 g/mol. The second kappa shape index (κ2) is 13.4. The topological polar surface area (TPSA) is 23.9 Å². The molecule has 0 fully saturated rings. The van der Waals surface area contributed by atoms with Crippen molar-refractivity contribution in [3.63, 3.8) is 0 Å². The molecule has 6 aromatic rings. The number of allylic oxidation sites excluding steroid dienone is 6. The Morgan fingerprint density at radius 2 is 1.20 bits per heavy atom.